The van der Waals surface area contributed by atoms with Crippen LogP contribution in [0, 0.1) is 5.92 Å². The SMILES string of the molecule is CC(C)CO.O=C(CO)NCCC(=O)NCCS. The zero-order valence-corrected chi connectivity index (χ0v) is 11.9. The summed E-state index contributed by atoms with van der Waals surface area (Å²) in [5, 5.41) is 21.4. The van der Waals surface area contributed by atoms with Gasteiger partial charge in [-0.3, -0.25) is 9.59 Å². The molecule has 0 spiro atoms. The first-order valence-corrected chi connectivity index (χ1v) is 6.47. The Morgan fingerprint density at radius 2 is 1.61 bits per heavy atom. The fraction of sp³-hybridized carbons (Fsp3) is 0.818. The fourth-order valence-corrected chi connectivity index (χ4v) is 0.767. The molecule has 0 aromatic rings. The zero-order chi connectivity index (χ0) is 14.4. The number of thiol groups is 1. The smallest absolute Gasteiger partial charge is 0.245 e. The maximum atomic E-state index is 10.9. The number of amides is 2. The molecule has 0 heterocycles. The molecule has 6 nitrogen and oxygen atoms in total. The quantitative estimate of drug-likeness (QED) is 0.393. The Balaban J connectivity index is 0. The van der Waals surface area contributed by atoms with E-state index in [4.69, 9.17) is 10.2 Å². The summed E-state index contributed by atoms with van der Waals surface area (Å²) in [5.41, 5.74) is 0. The molecular weight excluding hydrogens is 256 g/mol. The first-order chi connectivity index (χ1) is 8.47. The minimum Gasteiger partial charge on any atom is -0.396 e. The monoisotopic (exact) mass is 280 g/mol. The van der Waals surface area contributed by atoms with E-state index in [0.717, 1.165) is 0 Å². The van der Waals surface area contributed by atoms with Crippen molar-refractivity contribution in [3.05, 3.63) is 0 Å². The standard InChI is InChI=1S/C7H14N2O3S.C4H10O/c10-5-7(12)8-2-1-6(11)9-3-4-13;1-4(2)3-5/h10,13H,1-5H2,(H,8,12)(H,9,11);4-5H,3H2,1-2H3. The first kappa shape index (κ1) is 19.5. The van der Waals surface area contributed by atoms with Gasteiger partial charge in [-0.2, -0.15) is 12.6 Å². The molecule has 0 atom stereocenters. The van der Waals surface area contributed by atoms with Crippen molar-refractivity contribution in [2.75, 3.05) is 32.1 Å². The van der Waals surface area contributed by atoms with Crippen LogP contribution in [0.2, 0.25) is 0 Å². The van der Waals surface area contributed by atoms with E-state index in [9.17, 15) is 9.59 Å². The van der Waals surface area contributed by atoms with Crippen molar-refractivity contribution in [1.82, 2.24) is 10.6 Å². The van der Waals surface area contributed by atoms with E-state index in [2.05, 4.69) is 23.3 Å². The molecule has 0 aliphatic rings. The third-order valence-electron chi connectivity index (χ3n) is 1.62. The molecule has 0 saturated heterocycles. The molecule has 0 aromatic carbocycles. The van der Waals surface area contributed by atoms with Crippen LogP contribution in [0.3, 0.4) is 0 Å². The van der Waals surface area contributed by atoms with E-state index in [1.54, 1.807) is 0 Å². The van der Waals surface area contributed by atoms with Gasteiger partial charge in [0.1, 0.15) is 6.61 Å². The molecule has 0 radical (unpaired) electrons. The van der Waals surface area contributed by atoms with Crippen molar-refractivity contribution >= 4 is 24.4 Å². The molecule has 18 heavy (non-hydrogen) atoms. The number of rotatable bonds is 7. The highest BCUT2D eigenvalue weighted by Crippen LogP contribution is 1.83. The Kier molecular flexibility index (Phi) is 15.5. The normalized spacial score (nSPS) is 9.44. The van der Waals surface area contributed by atoms with Gasteiger partial charge in [0, 0.05) is 31.9 Å². The van der Waals surface area contributed by atoms with Crippen molar-refractivity contribution in [1.29, 1.82) is 0 Å². The van der Waals surface area contributed by atoms with Crippen LogP contribution < -0.4 is 10.6 Å². The molecule has 0 aliphatic carbocycles. The molecular formula is C11H24N2O4S. The summed E-state index contributed by atoms with van der Waals surface area (Å²) in [6, 6.07) is 0. The highest BCUT2D eigenvalue weighted by molar-refractivity contribution is 7.80. The van der Waals surface area contributed by atoms with Crippen LogP contribution in [-0.4, -0.2) is 54.1 Å². The number of hydrogen-bond donors (Lipinski definition) is 5. The van der Waals surface area contributed by atoms with Crippen molar-refractivity contribution < 1.29 is 19.8 Å². The van der Waals surface area contributed by atoms with Gasteiger partial charge in [0.15, 0.2) is 0 Å². The van der Waals surface area contributed by atoms with Crippen LogP contribution in [-0.2, 0) is 9.59 Å². The summed E-state index contributed by atoms with van der Waals surface area (Å²) >= 11 is 3.92. The molecule has 7 heteroatoms. The Bertz CT molecular complexity index is 225. The van der Waals surface area contributed by atoms with Gasteiger partial charge in [-0.15, -0.1) is 0 Å². The number of hydrogen-bond acceptors (Lipinski definition) is 5. The van der Waals surface area contributed by atoms with Crippen LogP contribution >= 0.6 is 12.6 Å². The van der Waals surface area contributed by atoms with Gasteiger partial charge in [-0.1, -0.05) is 13.8 Å². The molecule has 0 unspecified atom stereocenters. The van der Waals surface area contributed by atoms with Crippen molar-refractivity contribution in [2.24, 2.45) is 5.92 Å². The summed E-state index contributed by atoms with van der Waals surface area (Å²) in [7, 11) is 0. The Morgan fingerprint density at radius 1 is 1.11 bits per heavy atom. The van der Waals surface area contributed by atoms with Crippen molar-refractivity contribution in [2.45, 2.75) is 20.3 Å². The lowest BCUT2D eigenvalue weighted by molar-refractivity contribution is -0.124. The molecule has 108 valence electrons. The molecule has 4 N–H and O–H groups in total. The maximum absolute atomic E-state index is 10.9. The number of nitrogens with one attached hydrogen (secondary N) is 2. The van der Waals surface area contributed by atoms with E-state index in [-0.39, 0.29) is 18.9 Å². The second-order valence-corrected chi connectivity index (χ2v) is 4.36. The molecule has 2 amide bonds. The third-order valence-corrected chi connectivity index (χ3v) is 1.84. The minimum atomic E-state index is -0.543. The number of carbonyl (C=O) groups is 2. The molecule has 0 fully saturated rings. The van der Waals surface area contributed by atoms with Gasteiger partial charge in [0.2, 0.25) is 11.8 Å². The topological polar surface area (TPSA) is 98.7 Å². The van der Waals surface area contributed by atoms with Crippen molar-refractivity contribution in [3.63, 3.8) is 0 Å². The summed E-state index contributed by atoms with van der Waals surface area (Å²) in [6.45, 7) is 4.48. The minimum absolute atomic E-state index is 0.132. The largest absolute Gasteiger partial charge is 0.396 e. The van der Waals surface area contributed by atoms with E-state index < -0.39 is 12.5 Å². The Labute approximate surface area is 114 Å². The number of carbonyl (C=O) groups excluding carboxylic acids is 2. The fourth-order valence-electron chi connectivity index (χ4n) is 0.655. The Morgan fingerprint density at radius 3 is 2.00 bits per heavy atom. The lowest BCUT2D eigenvalue weighted by Crippen LogP contribution is -2.32. The Hall–Kier alpha value is -0.790. The predicted octanol–water partition coefficient (Wildman–Crippen LogP) is -0.834. The summed E-state index contributed by atoms with van der Waals surface area (Å²) < 4.78 is 0. The van der Waals surface area contributed by atoms with Crippen LogP contribution in [0.1, 0.15) is 20.3 Å². The maximum Gasteiger partial charge on any atom is 0.245 e. The summed E-state index contributed by atoms with van der Waals surface area (Å²) in [4.78, 5) is 21.4. The van der Waals surface area contributed by atoms with Crippen LogP contribution in [0.5, 0.6) is 0 Å². The average Bonchev–Trinajstić information content (AvgIpc) is 2.36. The number of aliphatic hydroxyl groups is 2. The summed E-state index contributed by atoms with van der Waals surface area (Å²) in [5.74, 6) is 0.429. The molecule has 0 bridgehead atoms. The molecule has 0 saturated carbocycles. The van der Waals surface area contributed by atoms with Crippen LogP contribution in [0.15, 0.2) is 0 Å². The van der Waals surface area contributed by atoms with E-state index >= 15 is 0 Å². The van der Waals surface area contributed by atoms with Gasteiger partial charge in [0.25, 0.3) is 0 Å². The first-order valence-electron chi connectivity index (χ1n) is 5.83. The van der Waals surface area contributed by atoms with E-state index in [0.29, 0.717) is 24.8 Å². The van der Waals surface area contributed by atoms with Gasteiger partial charge in [-0.25, -0.2) is 0 Å². The lowest BCUT2D eigenvalue weighted by atomic mass is 10.2. The highest BCUT2D eigenvalue weighted by Gasteiger charge is 2.01. The second kappa shape index (κ2) is 14.3. The second-order valence-electron chi connectivity index (χ2n) is 3.91. The molecule has 0 aromatic heterocycles. The zero-order valence-electron chi connectivity index (χ0n) is 11.0. The number of aliphatic hydroxyl groups excluding tert-OH is 2. The van der Waals surface area contributed by atoms with Crippen LogP contribution in [0.4, 0.5) is 0 Å². The van der Waals surface area contributed by atoms with E-state index in [1.807, 2.05) is 13.8 Å². The van der Waals surface area contributed by atoms with E-state index in [1.165, 1.54) is 0 Å². The highest BCUT2D eigenvalue weighted by atomic mass is 32.1. The predicted molar refractivity (Wildman–Crippen MR) is 73.5 cm³/mol. The molecule has 0 aliphatic heterocycles. The summed E-state index contributed by atoms with van der Waals surface area (Å²) in [6.07, 6.45) is 0.222. The average molecular weight is 280 g/mol. The van der Waals surface area contributed by atoms with Crippen molar-refractivity contribution in [3.8, 4) is 0 Å². The molecule has 0 rings (SSSR count). The third kappa shape index (κ3) is 17.6. The van der Waals surface area contributed by atoms with Crippen LogP contribution in [0.25, 0.3) is 0 Å². The van der Waals surface area contributed by atoms with Gasteiger partial charge >= 0.3 is 0 Å². The van der Waals surface area contributed by atoms with Gasteiger partial charge in [0.05, 0.1) is 0 Å². The van der Waals surface area contributed by atoms with Gasteiger partial charge < -0.3 is 20.8 Å². The lowest BCUT2D eigenvalue weighted by Gasteiger charge is -2.03. The van der Waals surface area contributed by atoms with Gasteiger partial charge in [-0.05, 0) is 5.92 Å².